The predicted octanol–water partition coefficient (Wildman–Crippen LogP) is 9.84. The average Bonchev–Trinajstić information content (AvgIpc) is 3.23. The van der Waals surface area contributed by atoms with E-state index in [9.17, 15) is 28.3 Å². The molecule has 13 heteroatoms. The van der Waals surface area contributed by atoms with Gasteiger partial charge in [0.25, 0.3) is 11.8 Å². The Bertz CT molecular complexity index is 2030. The molecule has 338 valence electrons. The van der Waals surface area contributed by atoms with Crippen molar-refractivity contribution in [3.8, 4) is 11.8 Å². The molecule has 2 heterocycles. The fourth-order valence-electron chi connectivity index (χ4n) is 4.80. The number of aryl methyl sites for hydroxylation is 1. The number of hydrogen-bond acceptors (Lipinski definition) is 8. The molecule has 0 radical (unpaired) electrons. The molecule has 3 amide bonds. The van der Waals surface area contributed by atoms with Gasteiger partial charge in [-0.15, -0.1) is 0 Å². The Morgan fingerprint density at radius 1 is 0.855 bits per heavy atom. The van der Waals surface area contributed by atoms with E-state index in [1.165, 1.54) is 36.7 Å². The molecule has 0 bridgehead atoms. The number of carbonyl (C=O) groups is 3. The maximum atomic E-state index is 13.2. The molecule has 4 N–H and O–H groups in total. The van der Waals surface area contributed by atoms with Gasteiger partial charge in [0.15, 0.2) is 0 Å². The summed E-state index contributed by atoms with van der Waals surface area (Å²) in [7, 11) is 0. The maximum Gasteiger partial charge on any atom is 0.253 e. The van der Waals surface area contributed by atoms with Crippen LogP contribution in [0.4, 0.5) is 8.78 Å². The summed E-state index contributed by atoms with van der Waals surface area (Å²) in [5.74, 6) is -0.217. The number of halogens is 2. The van der Waals surface area contributed by atoms with E-state index in [1.807, 2.05) is 55.4 Å². The number of aliphatic hydroxyl groups excluding tert-OH is 1. The summed E-state index contributed by atoms with van der Waals surface area (Å²) >= 11 is 0. The van der Waals surface area contributed by atoms with Crippen LogP contribution in [-0.4, -0.2) is 52.0 Å². The highest BCUT2D eigenvalue weighted by molar-refractivity contribution is 5.95. The summed E-state index contributed by atoms with van der Waals surface area (Å²) in [5, 5.41) is 17.8. The summed E-state index contributed by atoms with van der Waals surface area (Å²) in [4.78, 5) is 43.5. The zero-order chi connectivity index (χ0) is 46.9. The maximum absolute atomic E-state index is 13.2. The van der Waals surface area contributed by atoms with Crippen molar-refractivity contribution in [3.63, 3.8) is 0 Å². The largest absolute Gasteiger partial charge is 0.473 e. The third-order valence-corrected chi connectivity index (χ3v) is 8.99. The van der Waals surface area contributed by atoms with Gasteiger partial charge in [-0.1, -0.05) is 92.3 Å². The van der Waals surface area contributed by atoms with Crippen LogP contribution >= 0.6 is 0 Å². The Morgan fingerprint density at radius 2 is 1.42 bits per heavy atom. The van der Waals surface area contributed by atoms with E-state index in [0.29, 0.717) is 41.4 Å². The van der Waals surface area contributed by atoms with E-state index in [1.54, 1.807) is 54.6 Å². The van der Waals surface area contributed by atoms with E-state index in [4.69, 9.17) is 9.47 Å². The second-order valence-electron chi connectivity index (χ2n) is 16.0. The topological polar surface area (TPSA) is 152 Å². The fraction of sp³-hybridized carbons (Fsp3) is 0.408. The molecule has 0 aliphatic heterocycles. The van der Waals surface area contributed by atoms with E-state index >= 15 is 0 Å². The average molecular weight is 860 g/mol. The van der Waals surface area contributed by atoms with Gasteiger partial charge in [-0.3, -0.25) is 14.4 Å². The van der Waals surface area contributed by atoms with E-state index in [0.717, 1.165) is 23.2 Å². The van der Waals surface area contributed by atoms with Gasteiger partial charge in [-0.05, 0) is 85.7 Å². The Hall–Kier alpha value is -5.95. The molecule has 1 unspecified atom stereocenters. The lowest BCUT2D eigenvalue weighted by Gasteiger charge is -2.30. The minimum atomic E-state index is -0.420. The fourth-order valence-corrected chi connectivity index (χ4v) is 4.80. The lowest BCUT2D eigenvalue weighted by molar-refractivity contribution is -0.120. The Labute approximate surface area is 367 Å². The third-order valence-electron chi connectivity index (χ3n) is 8.99. The number of aliphatic hydroxyl groups is 1. The Balaban J connectivity index is 0.000000494. The molecule has 11 nitrogen and oxygen atoms in total. The molecule has 4 rings (SSSR count). The van der Waals surface area contributed by atoms with E-state index in [2.05, 4.69) is 53.3 Å². The lowest BCUT2D eigenvalue weighted by atomic mass is 9.86. The molecule has 0 aliphatic carbocycles. The number of pyridine rings is 2. The van der Waals surface area contributed by atoms with Crippen molar-refractivity contribution in [1.29, 1.82) is 0 Å². The smallest absolute Gasteiger partial charge is 0.253 e. The highest BCUT2D eigenvalue weighted by atomic mass is 19.1. The molecule has 1 atom stereocenters. The molecule has 0 spiro atoms. The molecular weight excluding hydrogens is 793 g/mol. The highest BCUT2D eigenvalue weighted by Crippen LogP contribution is 2.21. The van der Waals surface area contributed by atoms with Crippen molar-refractivity contribution in [1.82, 2.24) is 25.9 Å². The van der Waals surface area contributed by atoms with Gasteiger partial charge in [-0.2, -0.15) is 0 Å². The van der Waals surface area contributed by atoms with E-state index in [-0.39, 0.29) is 60.6 Å². The molecule has 0 saturated heterocycles. The van der Waals surface area contributed by atoms with Crippen LogP contribution in [0, 0.1) is 29.4 Å². The first-order valence-corrected chi connectivity index (χ1v) is 20.7. The van der Waals surface area contributed by atoms with Crippen molar-refractivity contribution >= 4 is 17.7 Å². The van der Waals surface area contributed by atoms with Crippen LogP contribution in [0.25, 0.3) is 0 Å². The number of nitrogens with zero attached hydrogens (tertiary/aromatic N) is 2. The predicted molar refractivity (Wildman–Crippen MR) is 243 cm³/mol. The molecule has 4 aromatic rings. The number of ether oxygens (including phenoxy) is 2. The minimum absolute atomic E-state index is 0.0282. The van der Waals surface area contributed by atoms with Crippen molar-refractivity contribution in [3.05, 3.63) is 143 Å². The van der Waals surface area contributed by atoms with Crippen LogP contribution in [0.3, 0.4) is 0 Å². The van der Waals surface area contributed by atoms with E-state index < -0.39 is 5.41 Å². The number of hydrogen-bond donors (Lipinski definition) is 4. The van der Waals surface area contributed by atoms with Crippen LogP contribution in [0.15, 0.2) is 104 Å². The van der Waals surface area contributed by atoms with Gasteiger partial charge in [0.1, 0.15) is 24.8 Å². The molecule has 0 aliphatic rings. The summed E-state index contributed by atoms with van der Waals surface area (Å²) in [6, 6.07) is 17.1. The number of benzene rings is 2. The first kappa shape index (κ1) is 54.1. The van der Waals surface area contributed by atoms with Crippen LogP contribution in [0.5, 0.6) is 11.8 Å². The molecule has 0 fully saturated rings. The minimum Gasteiger partial charge on any atom is -0.473 e. The van der Waals surface area contributed by atoms with Crippen molar-refractivity contribution in [2.24, 2.45) is 10.8 Å². The zero-order valence-electron chi connectivity index (χ0n) is 38.3. The molecule has 62 heavy (non-hydrogen) atoms. The molecule has 0 saturated carbocycles. The van der Waals surface area contributed by atoms with Gasteiger partial charge in [0.2, 0.25) is 17.7 Å². The number of nitrogens with one attached hydrogen (secondary N) is 3. The summed E-state index contributed by atoms with van der Waals surface area (Å²) in [5.41, 5.74) is 3.74. The first-order chi connectivity index (χ1) is 29.3. The van der Waals surface area contributed by atoms with Crippen molar-refractivity contribution in [2.45, 2.75) is 108 Å². The monoisotopic (exact) mass is 860 g/mol. The summed E-state index contributed by atoms with van der Waals surface area (Å²) < 4.78 is 37.3. The molecular formula is C49H67F2N5O6. The summed E-state index contributed by atoms with van der Waals surface area (Å²) in [6.07, 6.45) is 7.76. The number of allylic oxidation sites excluding steroid dienone is 3. The SMILES string of the molecule is C=C/C=C(\C)NC(=O)CC.CC.CC(NC(=O)c1ccc(OCc2cccc(F)c2)nc1)C(C)(C)CO.Cc1cc(OCc2cccc(F)c2)ncc1C(=O)NCCC(C)(C)C. The van der Waals surface area contributed by atoms with Gasteiger partial charge >= 0.3 is 0 Å². The van der Waals surface area contributed by atoms with Gasteiger partial charge in [-0.25, -0.2) is 18.7 Å². The molecule has 2 aromatic heterocycles. The second-order valence-corrected chi connectivity index (χ2v) is 16.0. The quantitative estimate of drug-likeness (QED) is 0.0814. The van der Waals surface area contributed by atoms with Crippen LogP contribution in [0.1, 0.15) is 119 Å². The number of carbonyl (C=O) groups excluding carboxylic acids is 3. The van der Waals surface area contributed by atoms with Crippen LogP contribution in [-0.2, 0) is 18.0 Å². The van der Waals surface area contributed by atoms with Crippen LogP contribution in [0.2, 0.25) is 0 Å². The van der Waals surface area contributed by atoms with Gasteiger partial charge in [0, 0.05) is 54.6 Å². The summed E-state index contributed by atoms with van der Waals surface area (Å²) in [6.45, 7) is 26.0. The second kappa shape index (κ2) is 27.8. The first-order valence-electron chi connectivity index (χ1n) is 20.7. The van der Waals surface area contributed by atoms with Crippen molar-refractivity contribution in [2.75, 3.05) is 13.2 Å². The highest BCUT2D eigenvalue weighted by Gasteiger charge is 2.26. The zero-order valence-corrected chi connectivity index (χ0v) is 38.3. The number of amides is 3. The standard InChI is InChI=1S/C20H25FN2O2.C19H23FN2O3.C8H13NO.C2H6/c1-14-10-18(25-13-15-6-5-7-16(21)11-15)23-12-17(14)19(24)22-9-8-20(2,3)4;1-13(19(2,3)12-23)22-18(24)15-7-8-17(21-10-15)25-11-14-5-4-6-16(20)9-14;1-4-6-7(3)9-8(10)5-2;1-2/h5-7,10-12H,8-9,13H2,1-4H3,(H,22,24);4-10,13,23H,11-12H2,1-3H3,(H,22,24);4,6H,1,5H2,2-3H3,(H,9,10);1-2H3/b;;7-6+;. The number of aromatic nitrogens is 2. The van der Waals surface area contributed by atoms with Crippen LogP contribution < -0.4 is 25.4 Å². The van der Waals surface area contributed by atoms with Gasteiger partial charge < -0.3 is 30.5 Å². The van der Waals surface area contributed by atoms with Gasteiger partial charge in [0.05, 0.1) is 17.7 Å². The normalized spacial score (nSPS) is 11.4. The lowest BCUT2D eigenvalue weighted by Crippen LogP contribution is -2.44. The third kappa shape index (κ3) is 21.5. The number of rotatable bonds is 16. The Kier molecular flexibility index (Phi) is 24.2. The van der Waals surface area contributed by atoms with Crippen molar-refractivity contribution < 1.29 is 37.7 Å². The molecule has 2 aromatic carbocycles. The Morgan fingerprint density at radius 3 is 1.89 bits per heavy atom.